The maximum atomic E-state index is 12.8. The molecule has 26 heavy (non-hydrogen) atoms. The molecular formula is C20H37N5O. The zero-order chi connectivity index (χ0) is 18.6. The number of carbonyl (C=O) groups is 1. The molecule has 0 radical (unpaired) electrons. The van der Waals surface area contributed by atoms with Gasteiger partial charge in [0.25, 0.3) is 0 Å². The number of nitrogens with zero attached hydrogens (tertiary/aromatic N) is 4. The fraction of sp³-hybridized carbons (Fsp3) is 0.900. The Morgan fingerprint density at radius 1 is 1.15 bits per heavy atom. The van der Waals surface area contributed by atoms with Gasteiger partial charge in [-0.25, -0.2) is 0 Å². The molecule has 0 aromatic rings. The number of hydrogen-bond donors (Lipinski definition) is 1. The largest absolute Gasteiger partial charge is 0.357 e. The summed E-state index contributed by atoms with van der Waals surface area (Å²) in [6.45, 7) is 8.27. The lowest BCUT2D eigenvalue weighted by molar-refractivity contribution is -0.138. The van der Waals surface area contributed by atoms with Gasteiger partial charge in [-0.2, -0.15) is 0 Å². The normalized spacial score (nSPS) is 26.5. The van der Waals surface area contributed by atoms with Crippen LogP contribution in [0, 0.1) is 5.41 Å². The van der Waals surface area contributed by atoms with E-state index in [9.17, 15) is 4.79 Å². The number of hydrogen-bond acceptors (Lipinski definition) is 3. The van der Waals surface area contributed by atoms with Crippen LogP contribution >= 0.6 is 0 Å². The lowest BCUT2D eigenvalue weighted by Gasteiger charge is -2.30. The summed E-state index contributed by atoms with van der Waals surface area (Å²) in [4.78, 5) is 24.6. The molecule has 0 aromatic carbocycles. The Balaban J connectivity index is 1.67. The van der Waals surface area contributed by atoms with Gasteiger partial charge in [-0.05, 0) is 52.1 Å². The molecule has 1 amide bonds. The zero-order valence-corrected chi connectivity index (χ0v) is 17.0. The highest BCUT2D eigenvalue weighted by Crippen LogP contribution is 2.39. The molecule has 2 heterocycles. The van der Waals surface area contributed by atoms with Crippen LogP contribution in [-0.2, 0) is 4.79 Å². The first-order chi connectivity index (χ1) is 12.6. The fourth-order valence-corrected chi connectivity index (χ4v) is 4.96. The van der Waals surface area contributed by atoms with E-state index in [4.69, 9.17) is 4.99 Å². The zero-order valence-electron chi connectivity index (χ0n) is 17.0. The van der Waals surface area contributed by atoms with Gasteiger partial charge in [0.15, 0.2) is 5.96 Å². The Kier molecular flexibility index (Phi) is 6.43. The molecule has 1 atom stereocenters. The van der Waals surface area contributed by atoms with Gasteiger partial charge in [-0.3, -0.25) is 14.7 Å². The van der Waals surface area contributed by atoms with Crippen LogP contribution in [0.4, 0.5) is 0 Å². The molecule has 1 unspecified atom stereocenters. The predicted molar refractivity (Wildman–Crippen MR) is 106 cm³/mol. The summed E-state index contributed by atoms with van der Waals surface area (Å²) >= 11 is 0. The van der Waals surface area contributed by atoms with E-state index in [1.165, 1.54) is 32.4 Å². The second-order valence-electron chi connectivity index (χ2n) is 8.49. The molecule has 2 aliphatic heterocycles. The highest BCUT2D eigenvalue weighted by Gasteiger charge is 2.42. The average Bonchev–Trinajstić information content (AvgIpc) is 3.39. The van der Waals surface area contributed by atoms with Gasteiger partial charge in [0.05, 0.1) is 12.0 Å². The van der Waals surface area contributed by atoms with Crippen LogP contribution in [0.3, 0.4) is 0 Å². The van der Waals surface area contributed by atoms with E-state index in [1.807, 2.05) is 14.1 Å². The number of aliphatic imine (C=N–C) groups is 1. The van der Waals surface area contributed by atoms with Crippen LogP contribution in [0.5, 0.6) is 0 Å². The molecule has 3 rings (SSSR count). The van der Waals surface area contributed by atoms with E-state index in [0.29, 0.717) is 12.6 Å². The Labute approximate surface area is 159 Å². The number of amides is 1. The van der Waals surface area contributed by atoms with Crippen molar-refractivity contribution < 1.29 is 4.79 Å². The van der Waals surface area contributed by atoms with Gasteiger partial charge in [0.2, 0.25) is 5.91 Å². The smallest absolute Gasteiger partial charge is 0.230 e. The molecule has 0 spiro atoms. The maximum Gasteiger partial charge on any atom is 0.230 e. The third-order valence-corrected chi connectivity index (χ3v) is 6.41. The fourth-order valence-electron chi connectivity index (χ4n) is 4.96. The van der Waals surface area contributed by atoms with Crippen LogP contribution in [0.1, 0.15) is 51.9 Å². The number of likely N-dealkylation sites (tertiary alicyclic amines) is 2. The van der Waals surface area contributed by atoms with Crippen LogP contribution in [0.2, 0.25) is 0 Å². The molecule has 1 saturated carbocycles. The lowest BCUT2D eigenvalue weighted by Crippen LogP contribution is -2.45. The highest BCUT2D eigenvalue weighted by atomic mass is 16.2. The number of guanidine groups is 1. The molecule has 0 aromatic heterocycles. The molecule has 3 aliphatic rings. The maximum absolute atomic E-state index is 12.8. The second kappa shape index (κ2) is 8.59. The molecule has 1 aliphatic carbocycles. The average molecular weight is 364 g/mol. The molecular weight excluding hydrogens is 326 g/mol. The van der Waals surface area contributed by atoms with E-state index >= 15 is 0 Å². The summed E-state index contributed by atoms with van der Waals surface area (Å²) in [7, 11) is 3.75. The van der Waals surface area contributed by atoms with Crippen molar-refractivity contribution >= 4 is 11.9 Å². The summed E-state index contributed by atoms with van der Waals surface area (Å²) < 4.78 is 0. The first-order valence-electron chi connectivity index (χ1n) is 10.5. The van der Waals surface area contributed by atoms with Crippen LogP contribution in [-0.4, -0.2) is 86.0 Å². The van der Waals surface area contributed by atoms with Crippen molar-refractivity contribution in [3.05, 3.63) is 0 Å². The Hall–Kier alpha value is -1.30. The Morgan fingerprint density at radius 3 is 2.46 bits per heavy atom. The summed E-state index contributed by atoms with van der Waals surface area (Å²) in [6, 6.07) is 0.671. The van der Waals surface area contributed by atoms with Gasteiger partial charge in [-0.1, -0.05) is 12.8 Å². The van der Waals surface area contributed by atoms with Gasteiger partial charge in [0, 0.05) is 39.8 Å². The third-order valence-electron chi connectivity index (χ3n) is 6.41. The molecule has 0 bridgehead atoms. The van der Waals surface area contributed by atoms with Gasteiger partial charge < -0.3 is 15.1 Å². The first kappa shape index (κ1) is 19.5. The van der Waals surface area contributed by atoms with Crippen LogP contribution in [0.15, 0.2) is 4.99 Å². The second-order valence-corrected chi connectivity index (χ2v) is 8.49. The van der Waals surface area contributed by atoms with Crippen molar-refractivity contribution in [3.63, 3.8) is 0 Å². The van der Waals surface area contributed by atoms with Gasteiger partial charge in [-0.15, -0.1) is 0 Å². The molecule has 2 saturated heterocycles. The quantitative estimate of drug-likeness (QED) is 0.597. The third kappa shape index (κ3) is 4.16. The standard InChI is InChI=1S/C20H37N5O/c1-4-21-19(25-14-9-17(15-25)24-12-7-8-13-24)22-16-20(10-5-6-11-20)18(26)23(2)3/h17H,4-16H2,1-3H3,(H,21,22). The minimum absolute atomic E-state index is 0.256. The van der Waals surface area contributed by atoms with Gasteiger partial charge in [0.1, 0.15) is 0 Å². The van der Waals surface area contributed by atoms with E-state index in [0.717, 1.165) is 51.3 Å². The van der Waals surface area contributed by atoms with E-state index in [-0.39, 0.29) is 11.3 Å². The van der Waals surface area contributed by atoms with Crippen molar-refractivity contribution in [1.82, 2.24) is 20.0 Å². The molecule has 6 nitrogen and oxygen atoms in total. The molecule has 148 valence electrons. The summed E-state index contributed by atoms with van der Waals surface area (Å²) in [5.74, 6) is 1.26. The highest BCUT2D eigenvalue weighted by molar-refractivity contribution is 5.84. The van der Waals surface area contributed by atoms with E-state index in [2.05, 4.69) is 22.0 Å². The topological polar surface area (TPSA) is 51.2 Å². The number of carbonyl (C=O) groups excluding carboxylic acids is 1. The molecule has 3 fully saturated rings. The van der Waals surface area contributed by atoms with Crippen LogP contribution in [0.25, 0.3) is 0 Å². The molecule has 6 heteroatoms. The van der Waals surface area contributed by atoms with Crippen molar-refractivity contribution in [2.45, 2.75) is 57.9 Å². The first-order valence-corrected chi connectivity index (χ1v) is 10.5. The predicted octanol–water partition coefficient (Wildman–Crippen LogP) is 1.77. The summed E-state index contributed by atoms with van der Waals surface area (Å²) in [5, 5.41) is 3.48. The van der Waals surface area contributed by atoms with Crippen molar-refractivity contribution in [2.75, 3.05) is 53.4 Å². The Morgan fingerprint density at radius 2 is 1.85 bits per heavy atom. The van der Waals surface area contributed by atoms with E-state index in [1.54, 1.807) is 4.90 Å². The van der Waals surface area contributed by atoms with Crippen molar-refractivity contribution in [1.29, 1.82) is 0 Å². The van der Waals surface area contributed by atoms with Crippen molar-refractivity contribution in [2.24, 2.45) is 10.4 Å². The van der Waals surface area contributed by atoms with Crippen LogP contribution < -0.4 is 5.32 Å². The minimum atomic E-state index is -0.280. The van der Waals surface area contributed by atoms with Gasteiger partial charge >= 0.3 is 0 Å². The summed E-state index contributed by atoms with van der Waals surface area (Å²) in [5.41, 5.74) is -0.280. The number of rotatable bonds is 5. The SMILES string of the molecule is CCNC(=NCC1(C(=O)N(C)C)CCCC1)N1CCC(N2CCCC2)C1. The van der Waals surface area contributed by atoms with E-state index < -0.39 is 0 Å². The van der Waals surface area contributed by atoms with Crippen molar-refractivity contribution in [3.8, 4) is 0 Å². The Bertz CT molecular complexity index is 506. The lowest BCUT2D eigenvalue weighted by atomic mass is 9.85. The monoisotopic (exact) mass is 363 g/mol. The summed E-state index contributed by atoms with van der Waals surface area (Å²) in [6.07, 6.45) is 8.16. The number of nitrogens with one attached hydrogen (secondary N) is 1. The molecule has 1 N–H and O–H groups in total. The minimum Gasteiger partial charge on any atom is -0.357 e.